The number of rotatable bonds is 72. The van der Waals surface area contributed by atoms with Crippen LogP contribution in [0.4, 0.5) is 0 Å². The van der Waals surface area contributed by atoms with E-state index in [4.69, 9.17) is 13.8 Å². The van der Waals surface area contributed by atoms with E-state index in [1.165, 1.54) is 295 Å². The molecule has 0 rings (SSSR count). The second-order valence-corrected chi connectivity index (χ2v) is 29.3. The van der Waals surface area contributed by atoms with E-state index in [1.807, 2.05) is 27.2 Å². The third kappa shape index (κ3) is 70.1. The Labute approximate surface area is 554 Å². The molecular weight excluding hydrogens is 1120 g/mol. The summed E-state index contributed by atoms with van der Waals surface area (Å²) in [5.41, 5.74) is 0. The Hall–Kier alpha value is -2.03. The van der Waals surface area contributed by atoms with Gasteiger partial charge in [-0.25, -0.2) is 4.57 Å². The summed E-state index contributed by atoms with van der Waals surface area (Å²) in [5.74, 6) is -0.483. The Kier molecular flexibility index (Phi) is 67.2. The first-order valence-electron chi connectivity index (χ1n) is 39.0. The van der Waals surface area contributed by atoms with Gasteiger partial charge < -0.3 is 19.4 Å². The normalized spacial score (nSPS) is 13.7. The highest BCUT2D eigenvalue weighted by molar-refractivity contribution is 7.47. The van der Waals surface area contributed by atoms with Crippen molar-refractivity contribution in [1.29, 1.82) is 0 Å². The standard InChI is InChI=1S/C79H151N2O7P/c1-7-10-13-16-19-22-25-28-30-32-34-36-38-40-42-44-46-48-50-53-56-59-62-65-68-71-78(82)80-76(75-87-89(84,85)86-74-73-81(4,5)6)77(70-67-64-61-58-55-52-27-24-21-18-15-12-9-3)88-79(83)72-69-66-63-60-57-54-51-49-47-45-43-41-39-37-35-33-31-29-26-23-20-17-14-11-8-2/h19,22,28-31,67,70,76-77H,7-18,20-21,23-27,32-66,68-69,71-75H2,1-6H3,(H-,80,82,84,85)/p+1/b22-19-,30-28-,31-29+,70-67+. The van der Waals surface area contributed by atoms with Crippen LogP contribution in [0.2, 0.25) is 0 Å². The lowest BCUT2D eigenvalue weighted by Gasteiger charge is -2.27. The topological polar surface area (TPSA) is 111 Å². The molecule has 9 nitrogen and oxygen atoms in total. The molecule has 1 amide bonds. The Bertz CT molecular complexity index is 1660. The Morgan fingerprint density at radius 3 is 1.04 bits per heavy atom. The van der Waals surface area contributed by atoms with Gasteiger partial charge in [-0.3, -0.25) is 18.6 Å². The smallest absolute Gasteiger partial charge is 0.456 e. The van der Waals surface area contributed by atoms with Crippen LogP contribution in [0.3, 0.4) is 0 Å². The van der Waals surface area contributed by atoms with Crippen LogP contribution >= 0.6 is 7.82 Å². The number of ether oxygens (including phenoxy) is 1. The number of nitrogens with one attached hydrogen (secondary N) is 1. The van der Waals surface area contributed by atoms with Gasteiger partial charge in [0, 0.05) is 12.8 Å². The van der Waals surface area contributed by atoms with E-state index < -0.39 is 20.0 Å². The molecule has 0 aliphatic heterocycles. The van der Waals surface area contributed by atoms with Crippen molar-refractivity contribution in [3.05, 3.63) is 48.6 Å². The van der Waals surface area contributed by atoms with E-state index in [0.29, 0.717) is 23.9 Å². The molecule has 0 aliphatic carbocycles. The lowest BCUT2D eigenvalue weighted by atomic mass is 10.0. The molecule has 524 valence electrons. The van der Waals surface area contributed by atoms with Gasteiger partial charge in [-0.05, 0) is 89.5 Å². The number of amides is 1. The lowest BCUT2D eigenvalue weighted by Crippen LogP contribution is -2.47. The van der Waals surface area contributed by atoms with Crippen LogP contribution in [0, 0.1) is 0 Å². The zero-order chi connectivity index (χ0) is 64.9. The molecule has 3 atom stereocenters. The number of hydrogen-bond acceptors (Lipinski definition) is 6. The van der Waals surface area contributed by atoms with E-state index in [9.17, 15) is 19.0 Å². The monoisotopic (exact) mass is 1270 g/mol. The maximum Gasteiger partial charge on any atom is 0.472 e. The maximum atomic E-state index is 13.7. The summed E-state index contributed by atoms with van der Waals surface area (Å²) in [6.07, 6.45) is 88.5. The highest BCUT2D eigenvalue weighted by atomic mass is 31.2. The van der Waals surface area contributed by atoms with Crippen molar-refractivity contribution >= 4 is 19.7 Å². The van der Waals surface area contributed by atoms with Crippen LogP contribution in [0.25, 0.3) is 0 Å². The minimum atomic E-state index is -4.46. The molecule has 0 bridgehead atoms. The Morgan fingerprint density at radius 2 is 0.685 bits per heavy atom. The molecule has 0 aromatic carbocycles. The van der Waals surface area contributed by atoms with Gasteiger partial charge in [-0.2, -0.15) is 0 Å². The van der Waals surface area contributed by atoms with Gasteiger partial charge in [0.25, 0.3) is 0 Å². The summed E-state index contributed by atoms with van der Waals surface area (Å²) in [6, 6.07) is -0.848. The van der Waals surface area contributed by atoms with Crippen LogP contribution in [0.5, 0.6) is 0 Å². The van der Waals surface area contributed by atoms with Gasteiger partial charge in [0.1, 0.15) is 19.3 Å². The average Bonchev–Trinajstić information content (AvgIpc) is 3.67. The van der Waals surface area contributed by atoms with Crippen molar-refractivity contribution in [3.8, 4) is 0 Å². The van der Waals surface area contributed by atoms with E-state index in [-0.39, 0.29) is 25.1 Å². The summed E-state index contributed by atoms with van der Waals surface area (Å²) in [6.45, 7) is 7.05. The minimum Gasteiger partial charge on any atom is -0.456 e. The fourth-order valence-corrected chi connectivity index (χ4v) is 12.5. The van der Waals surface area contributed by atoms with Crippen molar-refractivity contribution in [3.63, 3.8) is 0 Å². The number of carbonyl (C=O) groups excluding carboxylic acids is 2. The van der Waals surface area contributed by atoms with E-state index in [2.05, 4.69) is 68.6 Å². The second-order valence-electron chi connectivity index (χ2n) is 27.9. The highest BCUT2D eigenvalue weighted by Crippen LogP contribution is 2.43. The molecule has 0 saturated carbocycles. The number of likely N-dealkylation sites (N-methyl/N-ethyl adjacent to an activating group) is 1. The van der Waals surface area contributed by atoms with Gasteiger partial charge in [-0.15, -0.1) is 0 Å². The van der Waals surface area contributed by atoms with Crippen molar-refractivity contribution < 1.29 is 37.3 Å². The fraction of sp³-hybridized carbons (Fsp3) is 0.873. The second kappa shape index (κ2) is 68.8. The summed E-state index contributed by atoms with van der Waals surface area (Å²) in [4.78, 5) is 38.0. The zero-order valence-corrected chi connectivity index (χ0v) is 61.1. The molecule has 0 radical (unpaired) electrons. The zero-order valence-electron chi connectivity index (χ0n) is 60.2. The van der Waals surface area contributed by atoms with Gasteiger partial charge in [0.05, 0.1) is 33.8 Å². The quantitative estimate of drug-likeness (QED) is 0.0205. The van der Waals surface area contributed by atoms with Crippen molar-refractivity contribution in [2.24, 2.45) is 0 Å². The highest BCUT2D eigenvalue weighted by Gasteiger charge is 2.30. The minimum absolute atomic E-state index is 0.0425. The van der Waals surface area contributed by atoms with Crippen LogP contribution < -0.4 is 5.32 Å². The fourth-order valence-electron chi connectivity index (χ4n) is 11.7. The number of nitrogens with zero attached hydrogens (tertiary/aromatic N) is 1. The predicted molar refractivity (Wildman–Crippen MR) is 388 cm³/mol. The van der Waals surface area contributed by atoms with E-state index in [1.54, 1.807) is 0 Å². The van der Waals surface area contributed by atoms with Gasteiger partial charge in [0.15, 0.2) is 0 Å². The molecule has 0 saturated heterocycles. The van der Waals surface area contributed by atoms with Gasteiger partial charge in [0.2, 0.25) is 5.91 Å². The molecule has 3 unspecified atom stereocenters. The van der Waals surface area contributed by atoms with E-state index >= 15 is 0 Å². The Morgan fingerprint density at radius 1 is 0.393 bits per heavy atom. The number of hydrogen-bond donors (Lipinski definition) is 2. The van der Waals surface area contributed by atoms with Crippen molar-refractivity contribution in [1.82, 2.24) is 5.32 Å². The predicted octanol–water partition coefficient (Wildman–Crippen LogP) is 25.1. The van der Waals surface area contributed by atoms with Gasteiger partial charge in [-0.1, -0.05) is 339 Å². The van der Waals surface area contributed by atoms with Gasteiger partial charge >= 0.3 is 13.8 Å². The number of quaternary nitrogens is 1. The third-order valence-corrected chi connectivity index (χ3v) is 18.7. The first-order valence-corrected chi connectivity index (χ1v) is 40.5. The largest absolute Gasteiger partial charge is 0.472 e. The molecule has 10 heteroatoms. The number of carbonyl (C=O) groups is 2. The molecule has 0 fully saturated rings. The number of unbranched alkanes of at least 4 members (excludes halogenated alkanes) is 50. The maximum absolute atomic E-state index is 13.7. The molecule has 89 heavy (non-hydrogen) atoms. The lowest BCUT2D eigenvalue weighted by molar-refractivity contribution is -0.870. The summed E-state index contributed by atoms with van der Waals surface area (Å²) in [5, 5.41) is 3.09. The molecule has 0 aromatic heterocycles. The number of phosphoric acid groups is 1. The molecule has 0 aliphatic rings. The first kappa shape index (κ1) is 87.0. The van der Waals surface area contributed by atoms with Crippen LogP contribution in [-0.2, 0) is 27.9 Å². The molecule has 0 spiro atoms. The van der Waals surface area contributed by atoms with Crippen molar-refractivity contribution in [2.45, 2.75) is 405 Å². The molecular formula is C79H152N2O7P+. The number of phosphoric ester groups is 1. The Balaban J connectivity index is 4.97. The number of esters is 1. The number of allylic oxidation sites excluding steroid dienone is 7. The van der Waals surface area contributed by atoms with Crippen LogP contribution in [0.1, 0.15) is 393 Å². The summed E-state index contributed by atoms with van der Waals surface area (Å²) >= 11 is 0. The summed E-state index contributed by atoms with van der Waals surface area (Å²) < 4.78 is 30.9. The van der Waals surface area contributed by atoms with Crippen molar-refractivity contribution in [2.75, 3.05) is 40.9 Å². The summed E-state index contributed by atoms with van der Waals surface area (Å²) in [7, 11) is 1.51. The first-order chi connectivity index (χ1) is 43.4. The average molecular weight is 1270 g/mol. The SMILES string of the molecule is CCCCC/C=C\C/C=C\CCCCCCCCCCCCCCCCCC(=O)NC(COP(=O)(O)OCC[N+](C)(C)C)C(/C=C/CCCCCCCCCCCCC)OC(=O)CCCCCCCCCCCCCCCCC/C=C/CCCCCCCC. The third-order valence-electron chi connectivity index (χ3n) is 17.7. The molecule has 0 aromatic rings. The van der Waals surface area contributed by atoms with Crippen LogP contribution in [-0.4, -0.2) is 74.3 Å². The molecule has 2 N–H and O–H groups in total. The molecule has 0 heterocycles. The van der Waals surface area contributed by atoms with E-state index in [0.717, 1.165) is 64.2 Å². The van der Waals surface area contributed by atoms with Crippen LogP contribution in [0.15, 0.2) is 48.6 Å².